The van der Waals surface area contributed by atoms with E-state index in [4.69, 9.17) is 0 Å². The normalized spacial score (nSPS) is 13.2. The third kappa shape index (κ3) is 15.7. The molecule has 0 atom stereocenters. The molecular formula is C8H13F6O5P. The van der Waals surface area contributed by atoms with Crippen LogP contribution in [0, 0.1) is 0 Å². The van der Waals surface area contributed by atoms with E-state index >= 15 is 0 Å². The van der Waals surface area contributed by atoms with E-state index in [0.29, 0.717) is 0 Å². The van der Waals surface area contributed by atoms with E-state index in [1.54, 1.807) is 0 Å². The summed E-state index contributed by atoms with van der Waals surface area (Å²) in [5.41, 5.74) is 0. The van der Waals surface area contributed by atoms with Crippen molar-refractivity contribution in [3.63, 3.8) is 0 Å². The van der Waals surface area contributed by atoms with Crippen LogP contribution >= 0.6 is 8.25 Å². The van der Waals surface area contributed by atoms with Gasteiger partial charge in [0.2, 0.25) is 0 Å². The largest absolute Gasteiger partial charge is 0.522 e. The molecular weight excluding hydrogens is 321 g/mol. The van der Waals surface area contributed by atoms with Gasteiger partial charge in [-0.25, -0.2) is 0 Å². The van der Waals surface area contributed by atoms with Gasteiger partial charge in [-0.15, -0.1) is 26.3 Å². The average molecular weight is 334 g/mol. The van der Waals surface area contributed by atoms with Crippen LogP contribution in [-0.4, -0.2) is 39.2 Å². The summed E-state index contributed by atoms with van der Waals surface area (Å²) in [6, 6.07) is 0. The monoisotopic (exact) mass is 334 g/mol. The van der Waals surface area contributed by atoms with Gasteiger partial charge in [0, 0.05) is 0 Å². The lowest BCUT2D eigenvalue weighted by molar-refractivity contribution is -0.325. The molecule has 0 aromatic heterocycles. The van der Waals surface area contributed by atoms with E-state index in [9.17, 15) is 30.9 Å². The van der Waals surface area contributed by atoms with Gasteiger partial charge in [-0.1, -0.05) is 0 Å². The summed E-state index contributed by atoms with van der Waals surface area (Å²) in [4.78, 5) is 0. The number of hydrogen-bond donors (Lipinski definition) is 0. The average Bonchev–Trinajstić information content (AvgIpc) is 2.25. The molecule has 0 N–H and O–H groups in total. The second-order valence-corrected chi connectivity index (χ2v) is 4.32. The molecule has 0 saturated carbocycles. The first-order chi connectivity index (χ1) is 9.10. The van der Waals surface area contributed by atoms with Crippen LogP contribution in [0.2, 0.25) is 0 Å². The molecule has 0 saturated heterocycles. The maximum absolute atomic E-state index is 11.5. The molecule has 0 spiro atoms. The Morgan fingerprint density at radius 1 is 0.700 bits per heavy atom. The van der Waals surface area contributed by atoms with Gasteiger partial charge in [0.05, 0.1) is 26.4 Å². The number of halogens is 6. The topological polar surface area (TPSA) is 54.0 Å². The summed E-state index contributed by atoms with van der Waals surface area (Å²) >= 11 is 0. The molecule has 0 aliphatic rings. The van der Waals surface area contributed by atoms with Crippen LogP contribution in [0.3, 0.4) is 0 Å². The molecule has 0 aromatic rings. The van der Waals surface area contributed by atoms with Crippen LogP contribution in [0.1, 0.15) is 12.8 Å². The molecule has 0 aliphatic heterocycles. The molecule has 0 radical (unpaired) electrons. The van der Waals surface area contributed by atoms with Crippen molar-refractivity contribution >= 4 is 8.25 Å². The molecule has 0 bridgehead atoms. The maximum atomic E-state index is 11.5. The van der Waals surface area contributed by atoms with Crippen molar-refractivity contribution in [3.05, 3.63) is 0 Å². The Balaban J connectivity index is 3.38. The van der Waals surface area contributed by atoms with Gasteiger partial charge in [-0.05, 0) is 12.8 Å². The first-order valence-electron chi connectivity index (χ1n) is 5.31. The zero-order chi connectivity index (χ0) is 15.6. The predicted molar refractivity (Wildman–Crippen MR) is 54.2 cm³/mol. The molecule has 122 valence electrons. The Labute approximate surface area is 111 Å². The highest BCUT2D eigenvalue weighted by atomic mass is 31.1. The second-order valence-electron chi connectivity index (χ2n) is 3.24. The quantitative estimate of drug-likeness (QED) is 0.349. The van der Waals surface area contributed by atoms with Crippen molar-refractivity contribution in [2.75, 3.05) is 26.4 Å². The standard InChI is InChI=1S/C8H13F6O5P/c9-7(10,11)16-3-1-5-18-20(15)19-6-2-4-17-8(12,13)14/h20H,1-6H2. The van der Waals surface area contributed by atoms with Crippen molar-refractivity contribution in [1.82, 2.24) is 0 Å². The van der Waals surface area contributed by atoms with Crippen LogP contribution in [-0.2, 0) is 23.1 Å². The zero-order valence-corrected chi connectivity index (χ0v) is 11.1. The lowest BCUT2D eigenvalue weighted by Crippen LogP contribution is -2.15. The molecule has 5 nitrogen and oxygen atoms in total. The number of hydrogen-bond acceptors (Lipinski definition) is 5. The SMILES string of the molecule is O=[PH](OCCCOC(F)(F)F)OCCCOC(F)(F)F. The minimum atomic E-state index is -4.74. The minimum Gasteiger partial charge on any atom is -0.311 e. The molecule has 0 aliphatic carbocycles. The highest BCUT2D eigenvalue weighted by molar-refractivity contribution is 7.33. The fraction of sp³-hybridized carbons (Fsp3) is 1.00. The van der Waals surface area contributed by atoms with Gasteiger partial charge in [0.1, 0.15) is 0 Å². The van der Waals surface area contributed by atoms with E-state index in [-0.39, 0.29) is 26.1 Å². The third-order valence-corrected chi connectivity index (χ3v) is 2.43. The molecule has 0 heterocycles. The Morgan fingerprint density at radius 3 is 1.35 bits per heavy atom. The maximum Gasteiger partial charge on any atom is 0.522 e. The molecule has 0 amide bonds. The third-order valence-electron chi connectivity index (χ3n) is 1.55. The number of alkyl halides is 6. The smallest absolute Gasteiger partial charge is 0.311 e. The van der Waals surface area contributed by atoms with Crippen LogP contribution < -0.4 is 0 Å². The lowest BCUT2D eigenvalue weighted by atomic mass is 10.5. The Kier molecular flexibility index (Phi) is 9.39. The van der Waals surface area contributed by atoms with Crippen molar-refractivity contribution in [2.24, 2.45) is 0 Å². The summed E-state index contributed by atoms with van der Waals surface area (Å²) in [7, 11) is -2.94. The van der Waals surface area contributed by atoms with Crippen molar-refractivity contribution in [1.29, 1.82) is 0 Å². The van der Waals surface area contributed by atoms with E-state index in [1.807, 2.05) is 0 Å². The van der Waals surface area contributed by atoms with E-state index in [2.05, 4.69) is 18.5 Å². The highest BCUT2D eigenvalue weighted by Gasteiger charge is 2.29. The van der Waals surface area contributed by atoms with Gasteiger partial charge in [-0.2, -0.15) is 0 Å². The van der Waals surface area contributed by atoms with Gasteiger partial charge >= 0.3 is 21.0 Å². The van der Waals surface area contributed by atoms with Gasteiger partial charge in [0.25, 0.3) is 0 Å². The summed E-state index contributed by atoms with van der Waals surface area (Å²) in [6.07, 6.45) is -9.78. The van der Waals surface area contributed by atoms with Gasteiger partial charge < -0.3 is 9.05 Å². The minimum absolute atomic E-state index is 0.156. The Bertz CT molecular complexity index is 256. The lowest BCUT2D eigenvalue weighted by Gasteiger charge is -2.08. The van der Waals surface area contributed by atoms with Crippen LogP contribution in [0.15, 0.2) is 0 Å². The van der Waals surface area contributed by atoms with E-state index in [0.717, 1.165) is 0 Å². The first kappa shape index (κ1) is 19.7. The van der Waals surface area contributed by atoms with Crippen molar-refractivity contribution < 1.29 is 49.4 Å². The molecule has 0 fully saturated rings. The van der Waals surface area contributed by atoms with Crippen LogP contribution in [0.25, 0.3) is 0 Å². The zero-order valence-electron chi connectivity index (χ0n) is 10.1. The summed E-state index contributed by atoms with van der Waals surface area (Å²) in [6.45, 7) is -1.88. The van der Waals surface area contributed by atoms with Gasteiger partial charge in [-0.3, -0.25) is 14.0 Å². The molecule has 0 rings (SSSR count). The van der Waals surface area contributed by atoms with Crippen molar-refractivity contribution in [3.8, 4) is 0 Å². The Hall–Kier alpha value is -0.350. The number of ether oxygens (including phenoxy) is 2. The molecule has 0 unspecified atom stereocenters. The summed E-state index contributed by atoms with van der Waals surface area (Å²) < 4.78 is 96.0. The molecule has 20 heavy (non-hydrogen) atoms. The number of rotatable bonds is 10. The predicted octanol–water partition coefficient (Wildman–Crippen LogP) is 3.26. The molecule has 0 aromatic carbocycles. The Morgan fingerprint density at radius 2 is 1.05 bits per heavy atom. The van der Waals surface area contributed by atoms with Crippen LogP contribution in [0.4, 0.5) is 26.3 Å². The second kappa shape index (κ2) is 9.56. The van der Waals surface area contributed by atoms with Gasteiger partial charge in [0.15, 0.2) is 0 Å². The van der Waals surface area contributed by atoms with Crippen molar-refractivity contribution in [2.45, 2.75) is 25.6 Å². The fourth-order valence-electron chi connectivity index (χ4n) is 0.846. The summed E-state index contributed by atoms with van der Waals surface area (Å²) in [5, 5.41) is 0. The fourth-order valence-corrected chi connectivity index (χ4v) is 1.55. The molecule has 12 heteroatoms. The highest BCUT2D eigenvalue weighted by Crippen LogP contribution is 2.24. The first-order valence-corrected chi connectivity index (χ1v) is 6.53. The summed E-state index contributed by atoms with van der Waals surface area (Å²) in [5.74, 6) is 0. The van der Waals surface area contributed by atoms with E-state index in [1.165, 1.54) is 0 Å². The van der Waals surface area contributed by atoms with E-state index < -0.39 is 34.2 Å². The van der Waals surface area contributed by atoms with Crippen LogP contribution in [0.5, 0.6) is 0 Å².